The van der Waals surface area contributed by atoms with Gasteiger partial charge >= 0.3 is 0 Å². The Morgan fingerprint density at radius 1 is 1.28 bits per heavy atom. The third-order valence-corrected chi connectivity index (χ3v) is 3.00. The van der Waals surface area contributed by atoms with Crippen molar-refractivity contribution in [2.24, 2.45) is 0 Å². The number of pyridine rings is 1. The Kier molecular flexibility index (Phi) is 3.78. The van der Waals surface area contributed by atoms with Crippen LogP contribution in [0.3, 0.4) is 0 Å². The first-order chi connectivity index (χ1) is 8.60. The van der Waals surface area contributed by atoms with Crippen molar-refractivity contribution in [3.63, 3.8) is 0 Å². The SMILES string of the molecule is Cc1nc(Nc2ccc(F)cc2)c(Br)cc1NO. The topological polar surface area (TPSA) is 57.2 Å². The largest absolute Gasteiger partial charge is 0.339 e. The molecule has 0 fully saturated rings. The Hall–Kier alpha value is -1.66. The second kappa shape index (κ2) is 5.32. The summed E-state index contributed by atoms with van der Waals surface area (Å²) in [5.74, 6) is 0.307. The summed E-state index contributed by atoms with van der Waals surface area (Å²) in [7, 11) is 0. The molecule has 0 bridgehead atoms. The van der Waals surface area contributed by atoms with Crippen molar-refractivity contribution in [2.45, 2.75) is 6.92 Å². The zero-order valence-corrected chi connectivity index (χ0v) is 11.1. The average molecular weight is 312 g/mol. The number of rotatable bonds is 3. The van der Waals surface area contributed by atoms with E-state index in [4.69, 9.17) is 5.21 Å². The van der Waals surface area contributed by atoms with Crippen molar-refractivity contribution in [1.82, 2.24) is 4.98 Å². The zero-order chi connectivity index (χ0) is 13.1. The van der Waals surface area contributed by atoms with Gasteiger partial charge in [0.15, 0.2) is 0 Å². The van der Waals surface area contributed by atoms with Gasteiger partial charge in [0.1, 0.15) is 11.6 Å². The van der Waals surface area contributed by atoms with Gasteiger partial charge in [0.2, 0.25) is 0 Å². The van der Waals surface area contributed by atoms with Crippen LogP contribution < -0.4 is 10.8 Å². The molecule has 0 atom stereocenters. The maximum Gasteiger partial charge on any atom is 0.145 e. The minimum atomic E-state index is -0.288. The molecule has 0 saturated heterocycles. The van der Waals surface area contributed by atoms with Gasteiger partial charge < -0.3 is 5.32 Å². The van der Waals surface area contributed by atoms with Crippen LogP contribution >= 0.6 is 15.9 Å². The summed E-state index contributed by atoms with van der Waals surface area (Å²) in [5, 5.41) is 11.9. The van der Waals surface area contributed by atoms with Crippen LogP contribution in [0, 0.1) is 12.7 Å². The molecule has 3 N–H and O–H groups in total. The quantitative estimate of drug-likeness (QED) is 0.754. The fourth-order valence-electron chi connectivity index (χ4n) is 1.45. The fraction of sp³-hybridized carbons (Fsp3) is 0.0833. The van der Waals surface area contributed by atoms with E-state index >= 15 is 0 Å². The smallest absolute Gasteiger partial charge is 0.145 e. The molecule has 0 aliphatic carbocycles. The predicted octanol–water partition coefficient (Wildman–Crippen LogP) is 3.84. The van der Waals surface area contributed by atoms with Crippen molar-refractivity contribution in [3.05, 3.63) is 46.3 Å². The maximum atomic E-state index is 12.8. The normalized spacial score (nSPS) is 10.2. The summed E-state index contributed by atoms with van der Waals surface area (Å²) in [4.78, 5) is 4.29. The van der Waals surface area contributed by atoms with Gasteiger partial charge in [-0.25, -0.2) is 9.37 Å². The van der Waals surface area contributed by atoms with E-state index in [1.54, 1.807) is 25.1 Å². The Balaban J connectivity index is 2.29. The molecule has 1 aromatic heterocycles. The van der Waals surface area contributed by atoms with Crippen molar-refractivity contribution >= 4 is 33.1 Å². The van der Waals surface area contributed by atoms with Gasteiger partial charge in [-0.3, -0.25) is 10.7 Å². The lowest BCUT2D eigenvalue weighted by Crippen LogP contribution is -2.00. The van der Waals surface area contributed by atoms with Crippen LogP contribution in [0.2, 0.25) is 0 Å². The number of benzene rings is 1. The van der Waals surface area contributed by atoms with Gasteiger partial charge in [-0.05, 0) is 53.2 Å². The molecular formula is C12H11BrFN3O. The minimum Gasteiger partial charge on any atom is -0.339 e. The number of aryl methyl sites for hydroxylation is 1. The summed E-state index contributed by atoms with van der Waals surface area (Å²) in [6, 6.07) is 7.68. The van der Waals surface area contributed by atoms with Crippen LogP contribution in [0.15, 0.2) is 34.8 Å². The van der Waals surface area contributed by atoms with Gasteiger partial charge in [0, 0.05) is 5.69 Å². The van der Waals surface area contributed by atoms with E-state index in [9.17, 15) is 4.39 Å². The van der Waals surface area contributed by atoms with Gasteiger partial charge in [-0.2, -0.15) is 0 Å². The third-order valence-electron chi connectivity index (χ3n) is 2.39. The molecule has 94 valence electrons. The molecule has 0 amide bonds. The summed E-state index contributed by atoms with van der Waals surface area (Å²) in [5.41, 5.74) is 3.96. The highest BCUT2D eigenvalue weighted by Gasteiger charge is 2.07. The Bertz CT molecular complexity index is 560. The molecule has 1 heterocycles. The second-order valence-electron chi connectivity index (χ2n) is 3.70. The Morgan fingerprint density at radius 3 is 2.56 bits per heavy atom. The highest BCUT2D eigenvalue weighted by atomic mass is 79.9. The molecule has 0 aliphatic heterocycles. The predicted molar refractivity (Wildman–Crippen MR) is 71.8 cm³/mol. The Labute approximate surface area is 112 Å². The zero-order valence-electron chi connectivity index (χ0n) is 9.54. The first-order valence-electron chi connectivity index (χ1n) is 5.20. The number of nitrogens with zero attached hydrogens (tertiary/aromatic N) is 1. The number of anilines is 3. The van der Waals surface area contributed by atoms with E-state index in [2.05, 4.69) is 31.7 Å². The van der Waals surface area contributed by atoms with Crippen LogP contribution in [0.1, 0.15) is 5.69 Å². The van der Waals surface area contributed by atoms with Crippen molar-refractivity contribution < 1.29 is 9.60 Å². The van der Waals surface area contributed by atoms with E-state index in [1.807, 2.05) is 0 Å². The molecule has 0 radical (unpaired) electrons. The number of hydrogen-bond donors (Lipinski definition) is 3. The minimum absolute atomic E-state index is 0.288. The molecule has 2 rings (SSSR count). The highest BCUT2D eigenvalue weighted by molar-refractivity contribution is 9.10. The lowest BCUT2D eigenvalue weighted by molar-refractivity contribution is 0.388. The lowest BCUT2D eigenvalue weighted by Gasteiger charge is -2.11. The Morgan fingerprint density at radius 2 is 1.94 bits per heavy atom. The molecule has 18 heavy (non-hydrogen) atoms. The van der Waals surface area contributed by atoms with Crippen molar-refractivity contribution in [1.29, 1.82) is 0 Å². The summed E-state index contributed by atoms with van der Waals surface area (Å²) in [6.45, 7) is 1.76. The van der Waals surface area contributed by atoms with Crippen LogP contribution in [0.5, 0.6) is 0 Å². The number of aromatic nitrogens is 1. The van der Waals surface area contributed by atoms with Crippen molar-refractivity contribution in [3.8, 4) is 0 Å². The first kappa shape index (κ1) is 12.8. The van der Waals surface area contributed by atoms with E-state index in [0.717, 1.165) is 5.69 Å². The highest BCUT2D eigenvalue weighted by Crippen LogP contribution is 2.28. The standard InChI is InChI=1S/C12H11BrFN3O/c1-7-11(17-18)6-10(13)12(15-7)16-9-4-2-8(14)3-5-9/h2-6,17-18H,1H3,(H,15,16). The molecular weight excluding hydrogens is 301 g/mol. The molecule has 4 nitrogen and oxygen atoms in total. The lowest BCUT2D eigenvalue weighted by atomic mass is 10.3. The van der Waals surface area contributed by atoms with E-state index < -0.39 is 0 Å². The van der Waals surface area contributed by atoms with Crippen LogP contribution in [-0.4, -0.2) is 10.2 Å². The molecule has 6 heteroatoms. The van der Waals surface area contributed by atoms with Gasteiger partial charge in [-0.1, -0.05) is 0 Å². The van der Waals surface area contributed by atoms with E-state index in [1.165, 1.54) is 12.1 Å². The van der Waals surface area contributed by atoms with Gasteiger partial charge in [0.05, 0.1) is 15.9 Å². The first-order valence-corrected chi connectivity index (χ1v) is 5.99. The average Bonchev–Trinajstić information content (AvgIpc) is 2.36. The molecule has 0 saturated carbocycles. The molecule has 1 aromatic carbocycles. The molecule has 2 aromatic rings. The number of nitrogens with one attached hydrogen (secondary N) is 2. The van der Waals surface area contributed by atoms with E-state index in [-0.39, 0.29) is 5.82 Å². The molecule has 0 aliphatic rings. The molecule has 0 unspecified atom stereocenters. The third kappa shape index (κ3) is 2.77. The van der Waals surface area contributed by atoms with Gasteiger partial charge in [0.25, 0.3) is 0 Å². The molecule has 0 spiro atoms. The second-order valence-corrected chi connectivity index (χ2v) is 4.55. The summed E-state index contributed by atoms with van der Waals surface area (Å²) in [6.07, 6.45) is 0. The maximum absolute atomic E-state index is 12.8. The number of halogens is 2. The summed E-state index contributed by atoms with van der Waals surface area (Å²) < 4.78 is 13.5. The van der Waals surface area contributed by atoms with Crippen LogP contribution in [0.4, 0.5) is 21.6 Å². The van der Waals surface area contributed by atoms with E-state index in [0.29, 0.717) is 21.7 Å². The van der Waals surface area contributed by atoms with Crippen LogP contribution in [0.25, 0.3) is 0 Å². The van der Waals surface area contributed by atoms with Crippen LogP contribution in [-0.2, 0) is 0 Å². The monoisotopic (exact) mass is 311 g/mol. The van der Waals surface area contributed by atoms with Gasteiger partial charge in [-0.15, -0.1) is 0 Å². The fourth-order valence-corrected chi connectivity index (χ4v) is 1.87. The summed E-state index contributed by atoms with van der Waals surface area (Å²) >= 11 is 3.34. The van der Waals surface area contributed by atoms with Crippen molar-refractivity contribution in [2.75, 3.05) is 10.8 Å². The number of hydrogen-bond acceptors (Lipinski definition) is 4.